The van der Waals surface area contributed by atoms with Crippen molar-refractivity contribution >= 4 is 33.7 Å². The number of nitrogens with zero attached hydrogens (tertiary/aromatic N) is 1. The van der Waals surface area contributed by atoms with Gasteiger partial charge < -0.3 is 15.0 Å². The van der Waals surface area contributed by atoms with E-state index in [1.54, 1.807) is 6.07 Å². The minimum absolute atomic E-state index is 0.0217. The van der Waals surface area contributed by atoms with Crippen LogP contribution in [-0.4, -0.2) is 52.3 Å². The van der Waals surface area contributed by atoms with E-state index >= 15 is 0 Å². The van der Waals surface area contributed by atoms with Crippen molar-refractivity contribution < 1.29 is 18.2 Å². The minimum atomic E-state index is -2.69. The summed E-state index contributed by atoms with van der Waals surface area (Å²) in [6.07, 6.45) is 0.580. The van der Waals surface area contributed by atoms with Crippen LogP contribution in [0.25, 0.3) is 0 Å². The van der Waals surface area contributed by atoms with Gasteiger partial charge in [0.15, 0.2) is 0 Å². The van der Waals surface area contributed by atoms with Crippen molar-refractivity contribution in [3.63, 3.8) is 0 Å². The van der Waals surface area contributed by atoms with E-state index in [9.17, 15) is 13.5 Å². The van der Waals surface area contributed by atoms with E-state index in [-0.39, 0.29) is 23.6 Å². The quantitative estimate of drug-likeness (QED) is 0.590. The molecular weight excluding hydrogens is 365 g/mol. The molecular formula is C16H24FN3O3S2. The second-order valence-electron chi connectivity index (χ2n) is 6.49. The van der Waals surface area contributed by atoms with Gasteiger partial charge in [-0.25, -0.2) is 9.11 Å². The maximum Gasteiger partial charge on any atom is 0.128 e. The topological polar surface area (TPSA) is 77.0 Å². The molecule has 25 heavy (non-hydrogen) atoms. The fourth-order valence-electron chi connectivity index (χ4n) is 3.13. The second kappa shape index (κ2) is 7.73. The number of benzene rings is 1. The van der Waals surface area contributed by atoms with E-state index in [1.807, 2.05) is 17.9 Å². The second-order valence-corrected chi connectivity index (χ2v) is 9.13. The van der Waals surface area contributed by atoms with E-state index in [0.717, 1.165) is 10.7 Å². The molecule has 0 saturated carbocycles. The Kier molecular flexibility index (Phi) is 5.81. The Labute approximate surface area is 154 Å². The summed E-state index contributed by atoms with van der Waals surface area (Å²) in [5.41, 5.74) is 1.40. The van der Waals surface area contributed by atoms with Crippen molar-refractivity contribution in [1.29, 1.82) is 0 Å². The predicted molar refractivity (Wildman–Crippen MR) is 103 cm³/mol. The molecule has 0 amide bonds. The van der Waals surface area contributed by atoms with Crippen LogP contribution < -0.4 is 14.9 Å². The summed E-state index contributed by atoms with van der Waals surface area (Å²) < 4.78 is 42.2. The molecule has 3 rings (SSSR count). The Hall–Kier alpha value is -0.970. The lowest BCUT2D eigenvalue weighted by Crippen LogP contribution is -2.34. The summed E-state index contributed by atoms with van der Waals surface area (Å²) in [6.45, 7) is 3.95. The molecule has 0 radical (unpaired) electrons. The Bertz CT molecular complexity index is 637. The molecule has 0 aromatic heterocycles. The van der Waals surface area contributed by atoms with E-state index in [4.69, 9.17) is 17.0 Å². The van der Waals surface area contributed by atoms with Crippen molar-refractivity contribution in [2.45, 2.75) is 25.4 Å². The fraction of sp³-hybridized carbons (Fsp3) is 0.562. The van der Waals surface area contributed by atoms with Gasteiger partial charge in [0.25, 0.3) is 0 Å². The molecule has 0 bridgehead atoms. The molecule has 1 aromatic rings. The molecule has 1 aromatic carbocycles. The van der Waals surface area contributed by atoms with Gasteiger partial charge in [0.2, 0.25) is 0 Å². The predicted octanol–water partition coefficient (Wildman–Crippen LogP) is 2.67. The maximum atomic E-state index is 14.6. The molecule has 9 heteroatoms. The van der Waals surface area contributed by atoms with Gasteiger partial charge in [0, 0.05) is 31.2 Å². The Morgan fingerprint density at radius 3 is 2.96 bits per heavy atom. The zero-order valence-corrected chi connectivity index (χ0v) is 15.7. The SMILES string of the molecule is CC(=S)NC[C@H]1CN(c2ccc(C3CCS(O)(O)NC3)c(F)c2)CO1. The van der Waals surface area contributed by atoms with E-state index in [2.05, 4.69) is 10.0 Å². The highest BCUT2D eigenvalue weighted by Crippen LogP contribution is 2.42. The lowest BCUT2D eigenvalue weighted by atomic mass is 9.95. The summed E-state index contributed by atoms with van der Waals surface area (Å²) in [5, 5.41) is 3.09. The van der Waals surface area contributed by atoms with Gasteiger partial charge in [-0.15, -0.1) is 10.8 Å². The summed E-state index contributed by atoms with van der Waals surface area (Å²) in [7, 11) is -2.69. The lowest BCUT2D eigenvalue weighted by Gasteiger charge is -2.40. The molecule has 2 aliphatic heterocycles. The van der Waals surface area contributed by atoms with Gasteiger partial charge in [-0.2, -0.15) is 0 Å². The first-order valence-corrected chi connectivity index (χ1v) is 10.4. The number of thiocarbonyl (C=S) groups is 1. The van der Waals surface area contributed by atoms with Gasteiger partial charge in [0.1, 0.15) is 12.5 Å². The summed E-state index contributed by atoms with van der Waals surface area (Å²) in [4.78, 5) is 2.73. The standard InChI is InChI=1S/C16H24FN3O3S2/c1-11(24)18-8-14-9-20(10-23-14)13-2-3-15(16(17)6-13)12-4-5-25(21,22)19-7-12/h2-3,6,12,14,19,21-22H,4-5,7-10H2,1H3,(H,18,24)/t12?,14-/m0/s1. The van der Waals surface area contributed by atoms with Gasteiger partial charge in [-0.3, -0.25) is 9.11 Å². The molecule has 0 aliphatic carbocycles. The monoisotopic (exact) mass is 389 g/mol. The number of ether oxygens (including phenoxy) is 1. The highest BCUT2D eigenvalue weighted by atomic mass is 32.3. The smallest absolute Gasteiger partial charge is 0.128 e. The van der Waals surface area contributed by atoms with Crippen molar-refractivity contribution in [2.24, 2.45) is 0 Å². The van der Waals surface area contributed by atoms with Crippen molar-refractivity contribution in [3.05, 3.63) is 29.6 Å². The molecule has 140 valence electrons. The van der Waals surface area contributed by atoms with Crippen LogP contribution in [0.2, 0.25) is 0 Å². The van der Waals surface area contributed by atoms with Gasteiger partial charge in [-0.1, -0.05) is 18.3 Å². The third-order valence-corrected chi connectivity index (χ3v) is 6.15. The number of anilines is 1. The molecule has 2 saturated heterocycles. The van der Waals surface area contributed by atoms with Gasteiger partial charge >= 0.3 is 0 Å². The summed E-state index contributed by atoms with van der Waals surface area (Å²) in [6, 6.07) is 5.22. The largest absolute Gasteiger partial charge is 0.377 e. The van der Waals surface area contributed by atoms with Crippen LogP contribution >= 0.6 is 23.0 Å². The number of hydrogen-bond donors (Lipinski definition) is 4. The number of nitrogens with one attached hydrogen (secondary N) is 2. The van der Waals surface area contributed by atoms with Crippen LogP contribution in [0, 0.1) is 5.82 Å². The Balaban J connectivity index is 1.62. The fourth-order valence-corrected chi connectivity index (χ4v) is 4.44. The zero-order valence-electron chi connectivity index (χ0n) is 14.1. The minimum Gasteiger partial charge on any atom is -0.377 e. The molecule has 2 heterocycles. The molecule has 2 aliphatic rings. The van der Waals surface area contributed by atoms with E-state index in [0.29, 0.717) is 38.3 Å². The molecule has 0 spiro atoms. The average Bonchev–Trinajstić information content (AvgIpc) is 3.02. The highest BCUT2D eigenvalue weighted by molar-refractivity contribution is 8.22. The van der Waals surface area contributed by atoms with Crippen LogP contribution in [-0.2, 0) is 4.74 Å². The van der Waals surface area contributed by atoms with Crippen molar-refractivity contribution in [3.8, 4) is 0 Å². The lowest BCUT2D eigenvalue weighted by molar-refractivity contribution is 0.119. The zero-order chi connectivity index (χ0) is 18.0. The van der Waals surface area contributed by atoms with Crippen LogP contribution in [0.4, 0.5) is 10.1 Å². The average molecular weight is 390 g/mol. The third-order valence-electron chi connectivity index (χ3n) is 4.57. The first-order valence-electron chi connectivity index (χ1n) is 8.25. The first-order chi connectivity index (χ1) is 11.8. The number of halogens is 1. The summed E-state index contributed by atoms with van der Waals surface area (Å²) >= 11 is 5.00. The van der Waals surface area contributed by atoms with Gasteiger partial charge in [-0.05, 0) is 31.0 Å². The molecule has 2 fully saturated rings. The maximum absolute atomic E-state index is 14.6. The van der Waals surface area contributed by atoms with E-state index in [1.165, 1.54) is 6.07 Å². The van der Waals surface area contributed by atoms with Crippen LogP contribution in [0.3, 0.4) is 0 Å². The molecule has 1 unspecified atom stereocenters. The Morgan fingerprint density at radius 1 is 1.52 bits per heavy atom. The normalized spacial score (nSPS) is 27.1. The molecule has 2 atom stereocenters. The van der Waals surface area contributed by atoms with Crippen LogP contribution in [0.15, 0.2) is 18.2 Å². The number of hydrogen-bond acceptors (Lipinski definition) is 6. The van der Waals surface area contributed by atoms with Crippen LogP contribution in [0.5, 0.6) is 0 Å². The first kappa shape index (κ1) is 18.8. The number of rotatable bonds is 4. The van der Waals surface area contributed by atoms with Crippen molar-refractivity contribution in [1.82, 2.24) is 10.0 Å². The van der Waals surface area contributed by atoms with E-state index < -0.39 is 10.8 Å². The van der Waals surface area contributed by atoms with Crippen LogP contribution in [0.1, 0.15) is 24.8 Å². The molecule has 6 nitrogen and oxygen atoms in total. The Morgan fingerprint density at radius 2 is 2.32 bits per heavy atom. The van der Waals surface area contributed by atoms with Gasteiger partial charge in [0.05, 0.1) is 16.8 Å². The van der Waals surface area contributed by atoms with Crippen molar-refractivity contribution in [2.75, 3.05) is 37.0 Å². The molecule has 4 N–H and O–H groups in total. The highest BCUT2D eigenvalue weighted by Gasteiger charge is 2.28. The third kappa shape index (κ3) is 4.81. The summed E-state index contributed by atoms with van der Waals surface area (Å²) in [5.74, 6) is -0.0578.